The fourth-order valence-electron chi connectivity index (χ4n) is 2.09. The smallest absolute Gasteiger partial charge is 0.0621 e. The first-order valence-corrected chi connectivity index (χ1v) is 6.86. The molecule has 3 nitrogen and oxygen atoms in total. The van der Waals surface area contributed by atoms with Crippen LogP contribution in [0.4, 0.5) is 5.69 Å². The molecule has 2 atom stereocenters. The van der Waals surface area contributed by atoms with Crippen LogP contribution in [0.5, 0.6) is 0 Å². The van der Waals surface area contributed by atoms with Gasteiger partial charge in [-0.05, 0) is 37.6 Å². The summed E-state index contributed by atoms with van der Waals surface area (Å²) in [6.45, 7) is 4.84. The standard InChI is InChI=1S/C13H19BrN2O/c1-10(8-13-9-17-7-6-15-13)16-12-4-2-11(14)3-5-12/h2-5,10,13,15-16H,6-9H2,1H3. The number of nitrogens with one attached hydrogen (secondary N) is 2. The molecule has 0 bridgehead atoms. The van der Waals surface area contributed by atoms with Crippen LogP contribution in [0.3, 0.4) is 0 Å². The molecular weight excluding hydrogens is 280 g/mol. The summed E-state index contributed by atoms with van der Waals surface area (Å²) < 4.78 is 6.56. The molecule has 0 spiro atoms. The normalized spacial score (nSPS) is 22.1. The number of anilines is 1. The Labute approximate surface area is 111 Å². The first-order valence-electron chi connectivity index (χ1n) is 6.07. The molecule has 1 aliphatic rings. The number of morpholine rings is 1. The van der Waals surface area contributed by atoms with E-state index in [0.29, 0.717) is 12.1 Å². The summed E-state index contributed by atoms with van der Waals surface area (Å²) in [5.41, 5.74) is 1.16. The molecule has 2 rings (SSSR count). The molecule has 1 saturated heterocycles. The van der Waals surface area contributed by atoms with Gasteiger partial charge in [0.2, 0.25) is 0 Å². The van der Waals surface area contributed by atoms with Gasteiger partial charge in [0.25, 0.3) is 0 Å². The van der Waals surface area contributed by atoms with E-state index in [0.717, 1.165) is 36.3 Å². The molecule has 0 amide bonds. The second-order valence-electron chi connectivity index (χ2n) is 4.51. The van der Waals surface area contributed by atoms with E-state index in [1.54, 1.807) is 0 Å². The van der Waals surface area contributed by atoms with E-state index in [4.69, 9.17) is 4.74 Å². The fraction of sp³-hybridized carbons (Fsp3) is 0.538. The van der Waals surface area contributed by atoms with Crippen molar-refractivity contribution in [3.8, 4) is 0 Å². The Bertz CT molecular complexity index is 336. The van der Waals surface area contributed by atoms with Crippen molar-refractivity contribution in [1.29, 1.82) is 0 Å². The lowest BCUT2D eigenvalue weighted by molar-refractivity contribution is 0.0731. The summed E-state index contributed by atoms with van der Waals surface area (Å²) in [6, 6.07) is 9.20. The molecule has 0 aliphatic carbocycles. The number of ether oxygens (including phenoxy) is 1. The maximum absolute atomic E-state index is 5.45. The lowest BCUT2D eigenvalue weighted by atomic mass is 10.1. The molecule has 0 aromatic heterocycles. The monoisotopic (exact) mass is 298 g/mol. The minimum absolute atomic E-state index is 0.440. The van der Waals surface area contributed by atoms with E-state index < -0.39 is 0 Å². The summed E-state index contributed by atoms with van der Waals surface area (Å²) in [6.07, 6.45) is 1.08. The molecule has 1 heterocycles. The highest BCUT2D eigenvalue weighted by Gasteiger charge is 2.15. The van der Waals surface area contributed by atoms with Crippen LogP contribution >= 0.6 is 15.9 Å². The van der Waals surface area contributed by atoms with Crippen LogP contribution in [-0.4, -0.2) is 31.8 Å². The average molecular weight is 299 g/mol. The summed E-state index contributed by atoms with van der Waals surface area (Å²) in [7, 11) is 0. The number of hydrogen-bond acceptors (Lipinski definition) is 3. The van der Waals surface area contributed by atoms with E-state index in [9.17, 15) is 0 Å². The Morgan fingerprint density at radius 3 is 2.88 bits per heavy atom. The van der Waals surface area contributed by atoms with Gasteiger partial charge in [-0.25, -0.2) is 0 Å². The Kier molecular flexibility index (Phi) is 4.83. The van der Waals surface area contributed by atoms with Crippen molar-refractivity contribution in [3.05, 3.63) is 28.7 Å². The van der Waals surface area contributed by atoms with E-state index in [-0.39, 0.29) is 0 Å². The van der Waals surface area contributed by atoms with Crippen LogP contribution in [0.25, 0.3) is 0 Å². The van der Waals surface area contributed by atoms with Crippen molar-refractivity contribution in [2.24, 2.45) is 0 Å². The number of halogens is 1. The molecule has 17 heavy (non-hydrogen) atoms. The lowest BCUT2D eigenvalue weighted by Gasteiger charge is -2.27. The Morgan fingerprint density at radius 2 is 2.24 bits per heavy atom. The van der Waals surface area contributed by atoms with Crippen LogP contribution in [0.15, 0.2) is 28.7 Å². The minimum atomic E-state index is 0.440. The molecule has 4 heteroatoms. The van der Waals surface area contributed by atoms with Crippen LogP contribution < -0.4 is 10.6 Å². The van der Waals surface area contributed by atoms with Crippen molar-refractivity contribution < 1.29 is 4.74 Å². The van der Waals surface area contributed by atoms with Gasteiger partial charge in [-0.1, -0.05) is 15.9 Å². The van der Waals surface area contributed by atoms with E-state index in [1.165, 1.54) is 0 Å². The van der Waals surface area contributed by atoms with Gasteiger partial charge in [0, 0.05) is 28.8 Å². The van der Waals surface area contributed by atoms with E-state index in [1.807, 2.05) is 0 Å². The molecule has 2 unspecified atom stereocenters. The van der Waals surface area contributed by atoms with Gasteiger partial charge in [0.1, 0.15) is 0 Å². The van der Waals surface area contributed by atoms with Gasteiger partial charge in [-0.3, -0.25) is 0 Å². The van der Waals surface area contributed by atoms with Crippen molar-refractivity contribution >= 4 is 21.6 Å². The van der Waals surface area contributed by atoms with Crippen molar-refractivity contribution in [3.63, 3.8) is 0 Å². The third-order valence-corrected chi connectivity index (χ3v) is 3.42. The molecule has 1 aromatic rings. The number of rotatable bonds is 4. The number of hydrogen-bond donors (Lipinski definition) is 2. The van der Waals surface area contributed by atoms with Crippen LogP contribution in [0, 0.1) is 0 Å². The summed E-state index contributed by atoms with van der Waals surface area (Å²) in [5, 5.41) is 6.97. The van der Waals surface area contributed by atoms with Crippen molar-refractivity contribution in [2.75, 3.05) is 25.1 Å². The zero-order valence-corrected chi connectivity index (χ0v) is 11.7. The molecule has 1 fully saturated rings. The first-order chi connectivity index (χ1) is 8.24. The second kappa shape index (κ2) is 6.38. The number of benzene rings is 1. The molecule has 0 radical (unpaired) electrons. The first kappa shape index (κ1) is 12.9. The van der Waals surface area contributed by atoms with Gasteiger partial charge < -0.3 is 15.4 Å². The largest absolute Gasteiger partial charge is 0.383 e. The molecular formula is C13H19BrN2O. The second-order valence-corrected chi connectivity index (χ2v) is 5.43. The quantitative estimate of drug-likeness (QED) is 0.896. The van der Waals surface area contributed by atoms with Crippen LogP contribution in [-0.2, 0) is 4.74 Å². The zero-order valence-electron chi connectivity index (χ0n) is 10.1. The molecule has 0 saturated carbocycles. The predicted octanol–water partition coefficient (Wildman–Crippen LogP) is 2.63. The maximum Gasteiger partial charge on any atom is 0.0621 e. The maximum atomic E-state index is 5.45. The van der Waals surface area contributed by atoms with E-state index in [2.05, 4.69) is 57.8 Å². The highest BCUT2D eigenvalue weighted by atomic mass is 79.9. The SMILES string of the molecule is CC(CC1COCCN1)Nc1ccc(Br)cc1. The Balaban J connectivity index is 1.79. The Morgan fingerprint density at radius 1 is 1.47 bits per heavy atom. The highest BCUT2D eigenvalue weighted by Crippen LogP contribution is 2.16. The summed E-state index contributed by atoms with van der Waals surface area (Å²) in [5.74, 6) is 0. The third kappa shape index (κ3) is 4.30. The summed E-state index contributed by atoms with van der Waals surface area (Å²) >= 11 is 3.44. The molecule has 1 aromatic carbocycles. The topological polar surface area (TPSA) is 33.3 Å². The van der Waals surface area contributed by atoms with Crippen molar-refractivity contribution in [2.45, 2.75) is 25.4 Å². The third-order valence-electron chi connectivity index (χ3n) is 2.89. The van der Waals surface area contributed by atoms with Gasteiger partial charge in [-0.2, -0.15) is 0 Å². The van der Waals surface area contributed by atoms with E-state index >= 15 is 0 Å². The summed E-state index contributed by atoms with van der Waals surface area (Å²) in [4.78, 5) is 0. The van der Waals surface area contributed by atoms with Gasteiger partial charge in [0.05, 0.1) is 13.2 Å². The lowest BCUT2D eigenvalue weighted by Crippen LogP contribution is -2.43. The van der Waals surface area contributed by atoms with Crippen molar-refractivity contribution in [1.82, 2.24) is 5.32 Å². The Hall–Kier alpha value is -0.580. The van der Waals surface area contributed by atoms with Crippen LogP contribution in [0.2, 0.25) is 0 Å². The van der Waals surface area contributed by atoms with Gasteiger partial charge in [-0.15, -0.1) is 0 Å². The molecule has 1 aliphatic heterocycles. The fourth-order valence-corrected chi connectivity index (χ4v) is 2.35. The highest BCUT2D eigenvalue weighted by molar-refractivity contribution is 9.10. The predicted molar refractivity (Wildman–Crippen MR) is 74.5 cm³/mol. The molecule has 2 N–H and O–H groups in total. The zero-order chi connectivity index (χ0) is 12.1. The average Bonchev–Trinajstić information content (AvgIpc) is 2.33. The van der Waals surface area contributed by atoms with Gasteiger partial charge >= 0.3 is 0 Å². The van der Waals surface area contributed by atoms with Gasteiger partial charge in [0.15, 0.2) is 0 Å². The minimum Gasteiger partial charge on any atom is -0.383 e. The van der Waals surface area contributed by atoms with Crippen LogP contribution in [0.1, 0.15) is 13.3 Å². The molecule has 94 valence electrons.